The molecule has 0 aliphatic carbocycles. The van der Waals surface area contributed by atoms with Crippen LogP contribution in [0.25, 0.3) is 0 Å². The largest absolute Gasteiger partial charge is 0.490 e. The van der Waals surface area contributed by atoms with E-state index in [2.05, 4.69) is 0 Å². The van der Waals surface area contributed by atoms with Crippen molar-refractivity contribution >= 4 is 17.7 Å². The van der Waals surface area contributed by atoms with Crippen LogP contribution in [0.3, 0.4) is 0 Å². The maximum atomic E-state index is 12.0. The summed E-state index contributed by atoms with van der Waals surface area (Å²) in [6.07, 6.45) is -0.754. The van der Waals surface area contributed by atoms with Crippen LogP contribution < -0.4 is 4.74 Å². The van der Waals surface area contributed by atoms with Crippen LogP contribution >= 0.6 is 11.8 Å². The normalized spacial score (nSPS) is 12.7. The SMILES string of the molecule is CC(C)(CSCC(O)CO)C(=O)OCCOc1ccccc1. The van der Waals surface area contributed by atoms with Crippen molar-refractivity contribution in [1.29, 1.82) is 0 Å². The minimum Gasteiger partial charge on any atom is -0.490 e. The smallest absolute Gasteiger partial charge is 0.312 e. The van der Waals surface area contributed by atoms with Gasteiger partial charge in [0.2, 0.25) is 0 Å². The summed E-state index contributed by atoms with van der Waals surface area (Å²) in [4.78, 5) is 12.0. The number of carbonyl (C=O) groups excluding carboxylic acids is 1. The molecule has 0 aliphatic heterocycles. The van der Waals surface area contributed by atoms with Crippen LogP contribution in [-0.2, 0) is 9.53 Å². The number of esters is 1. The molecule has 0 saturated carbocycles. The van der Waals surface area contributed by atoms with E-state index >= 15 is 0 Å². The average molecular weight is 328 g/mol. The second-order valence-corrected chi connectivity index (χ2v) is 6.56. The van der Waals surface area contributed by atoms with E-state index in [0.717, 1.165) is 5.75 Å². The molecule has 1 unspecified atom stereocenters. The van der Waals surface area contributed by atoms with Crippen LogP contribution in [0.2, 0.25) is 0 Å². The zero-order valence-electron chi connectivity index (χ0n) is 13.0. The second-order valence-electron chi connectivity index (χ2n) is 5.53. The summed E-state index contributed by atoms with van der Waals surface area (Å²) in [7, 11) is 0. The van der Waals surface area contributed by atoms with E-state index in [4.69, 9.17) is 14.6 Å². The molecule has 22 heavy (non-hydrogen) atoms. The summed E-state index contributed by atoms with van der Waals surface area (Å²) in [6, 6.07) is 9.34. The van der Waals surface area contributed by atoms with E-state index in [0.29, 0.717) is 18.1 Å². The first-order valence-corrected chi connectivity index (χ1v) is 8.33. The molecular weight excluding hydrogens is 304 g/mol. The molecule has 1 aromatic carbocycles. The van der Waals surface area contributed by atoms with Gasteiger partial charge < -0.3 is 19.7 Å². The number of thioether (sulfide) groups is 1. The lowest BCUT2D eigenvalue weighted by Crippen LogP contribution is -2.31. The number of carbonyl (C=O) groups is 1. The van der Waals surface area contributed by atoms with Crippen molar-refractivity contribution in [3.63, 3.8) is 0 Å². The Balaban J connectivity index is 2.22. The molecule has 1 atom stereocenters. The third-order valence-electron chi connectivity index (χ3n) is 2.86. The first kappa shape index (κ1) is 18.8. The molecule has 0 aliphatic rings. The molecule has 1 aromatic rings. The molecule has 5 nitrogen and oxygen atoms in total. The fourth-order valence-corrected chi connectivity index (χ4v) is 2.69. The molecule has 0 bridgehead atoms. The van der Waals surface area contributed by atoms with Gasteiger partial charge in [0.1, 0.15) is 19.0 Å². The Labute approximate surface area is 135 Å². The van der Waals surface area contributed by atoms with Crippen LogP contribution in [0.4, 0.5) is 0 Å². The van der Waals surface area contributed by atoms with E-state index < -0.39 is 11.5 Å². The standard InChI is InChI=1S/C16H24O5S/c1-16(2,12-22-11-13(18)10-17)15(19)21-9-8-20-14-6-4-3-5-7-14/h3-7,13,17-18H,8-12H2,1-2H3. The van der Waals surface area contributed by atoms with Gasteiger partial charge in [0.05, 0.1) is 18.1 Å². The van der Waals surface area contributed by atoms with Crippen LogP contribution in [0.5, 0.6) is 5.75 Å². The lowest BCUT2D eigenvalue weighted by molar-refractivity contribution is -0.153. The zero-order valence-corrected chi connectivity index (χ0v) is 13.8. The number of hydrogen-bond acceptors (Lipinski definition) is 6. The molecule has 0 saturated heterocycles. The van der Waals surface area contributed by atoms with Crippen molar-refractivity contribution in [2.24, 2.45) is 5.41 Å². The lowest BCUT2D eigenvalue weighted by atomic mass is 9.97. The van der Waals surface area contributed by atoms with E-state index in [1.165, 1.54) is 11.8 Å². The monoisotopic (exact) mass is 328 g/mol. The van der Waals surface area contributed by atoms with Gasteiger partial charge in [-0.2, -0.15) is 11.8 Å². The number of hydrogen-bond donors (Lipinski definition) is 2. The van der Waals surface area contributed by atoms with Gasteiger partial charge in [-0.15, -0.1) is 0 Å². The molecule has 0 heterocycles. The van der Waals surface area contributed by atoms with Gasteiger partial charge in [0.25, 0.3) is 0 Å². The van der Waals surface area contributed by atoms with E-state index in [-0.39, 0.29) is 19.2 Å². The summed E-state index contributed by atoms with van der Waals surface area (Å²) in [5.74, 6) is 1.36. The zero-order chi connectivity index (χ0) is 16.4. The fraction of sp³-hybridized carbons (Fsp3) is 0.562. The summed E-state index contributed by atoms with van der Waals surface area (Å²) in [6.45, 7) is 3.83. The van der Waals surface area contributed by atoms with Crippen molar-refractivity contribution in [2.45, 2.75) is 20.0 Å². The third kappa shape index (κ3) is 7.15. The van der Waals surface area contributed by atoms with Gasteiger partial charge in [-0.1, -0.05) is 18.2 Å². The highest BCUT2D eigenvalue weighted by Crippen LogP contribution is 2.24. The highest BCUT2D eigenvalue weighted by molar-refractivity contribution is 7.99. The first-order valence-electron chi connectivity index (χ1n) is 7.17. The van der Waals surface area contributed by atoms with E-state index in [9.17, 15) is 9.90 Å². The Hall–Kier alpha value is -1.24. The van der Waals surface area contributed by atoms with Crippen LogP contribution in [-0.4, -0.2) is 53.6 Å². The summed E-state index contributed by atoms with van der Waals surface area (Å²) in [5.41, 5.74) is -0.646. The van der Waals surface area contributed by atoms with Crippen LogP contribution in [0.15, 0.2) is 30.3 Å². The summed E-state index contributed by atoms with van der Waals surface area (Å²) >= 11 is 1.42. The number of aliphatic hydroxyl groups excluding tert-OH is 2. The molecular formula is C16H24O5S. The number of benzene rings is 1. The van der Waals surface area contributed by atoms with Crippen LogP contribution in [0.1, 0.15) is 13.8 Å². The quantitative estimate of drug-likeness (QED) is 0.503. The Morgan fingerprint density at radius 2 is 1.95 bits per heavy atom. The lowest BCUT2D eigenvalue weighted by Gasteiger charge is -2.22. The Kier molecular flexibility index (Phi) is 8.30. The Morgan fingerprint density at radius 1 is 1.27 bits per heavy atom. The number of ether oxygens (including phenoxy) is 2. The predicted molar refractivity (Wildman–Crippen MR) is 87.1 cm³/mol. The van der Waals surface area contributed by atoms with Crippen molar-refractivity contribution < 1.29 is 24.5 Å². The van der Waals surface area contributed by atoms with Crippen molar-refractivity contribution in [3.05, 3.63) is 30.3 Å². The highest BCUT2D eigenvalue weighted by Gasteiger charge is 2.29. The van der Waals surface area contributed by atoms with E-state index in [1.807, 2.05) is 30.3 Å². The molecule has 124 valence electrons. The first-order chi connectivity index (χ1) is 10.5. The van der Waals surface area contributed by atoms with Crippen molar-refractivity contribution in [1.82, 2.24) is 0 Å². The van der Waals surface area contributed by atoms with Gasteiger partial charge >= 0.3 is 5.97 Å². The maximum Gasteiger partial charge on any atom is 0.312 e. The maximum absolute atomic E-state index is 12.0. The summed E-state index contributed by atoms with van der Waals surface area (Å²) in [5, 5.41) is 18.0. The Bertz CT molecular complexity index is 435. The minimum absolute atomic E-state index is 0.196. The minimum atomic E-state index is -0.754. The van der Waals surface area contributed by atoms with Gasteiger partial charge in [0, 0.05) is 11.5 Å². The third-order valence-corrected chi connectivity index (χ3v) is 4.41. The van der Waals surface area contributed by atoms with Crippen molar-refractivity contribution in [3.8, 4) is 5.75 Å². The molecule has 0 fully saturated rings. The molecule has 6 heteroatoms. The predicted octanol–water partition coefficient (Wildman–Crippen LogP) is 1.72. The Morgan fingerprint density at radius 3 is 2.59 bits per heavy atom. The van der Waals surface area contributed by atoms with Gasteiger partial charge in [0.15, 0.2) is 0 Å². The number of para-hydroxylation sites is 1. The topological polar surface area (TPSA) is 76.0 Å². The molecule has 1 rings (SSSR count). The fourth-order valence-electron chi connectivity index (χ4n) is 1.57. The number of rotatable bonds is 10. The van der Waals surface area contributed by atoms with Gasteiger partial charge in [-0.25, -0.2) is 0 Å². The molecule has 0 radical (unpaired) electrons. The molecule has 0 amide bonds. The molecule has 0 aromatic heterocycles. The summed E-state index contributed by atoms with van der Waals surface area (Å²) < 4.78 is 10.7. The van der Waals surface area contributed by atoms with Crippen LogP contribution in [0, 0.1) is 5.41 Å². The second kappa shape index (κ2) is 9.71. The van der Waals surface area contributed by atoms with E-state index in [1.54, 1.807) is 13.8 Å². The van der Waals surface area contributed by atoms with Gasteiger partial charge in [-0.05, 0) is 26.0 Å². The average Bonchev–Trinajstić information content (AvgIpc) is 2.51. The molecule has 2 N–H and O–H groups in total. The number of aliphatic hydroxyl groups is 2. The van der Waals surface area contributed by atoms with Gasteiger partial charge in [-0.3, -0.25) is 4.79 Å². The molecule has 0 spiro atoms. The highest BCUT2D eigenvalue weighted by atomic mass is 32.2. The van der Waals surface area contributed by atoms with Crippen molar-refractivity contribution in [2.75, 3.05) is 31.3 Å².